The zero-order valence-electron chi connectivity index (χ0n) is 10.5. The summed E-state index contributed by atoms with van der Waals surface area (Å²) < 4.78 is 0. The summed E-state index contributed by atoms with van der Waals surface area (Å²) in [4.78, 5) is 0. The lowest BCUT2D eigenvalue weighted by Crippen LogP contribution is -2.05. The highest BCUT2D eigenvalue weighted by Gasteiger charge is 2.15. The molecule has 0 bridgehead atoms. The fourth-order valence-electron chi connectivity index (χ4n) is 2.72. The molecular formula is C15H21NO. The molecule has 0 atom stereocenters. The van der Waals surface area contributed by atoms with E-state index in [0.717, 1.165) is 23.6 Å². The maximum Gasteiger partial charge on any atom is 0.0865 e. The van der Waals surface area contributed by atoms with Crippen LogP contribution in [-0.2, 0) is 0 Å². The van der Waals surface area contributed by atoms with Crippen LogP contribution in [0, 0.1) is 0 Å². The van der Waals surface area contributed by atoms with Gasteiger partial charge in [0.1, 0.15) is 0 Å². The van der Waals surface area contributed by atoms with Gasteiger partial charge in [0, 0.05) is 0 Å². The normalized spacial score (nSPS) is 18.3. The van der Waals surface area contributed by atoms with Crippen LogP contribution in [-0.4, -0.2) is 10.9 Å². The third-order valence-corrected chi connectivity index (χ3v) is 3.78. The molecule has 1 saturated carbocycles. The number of rotatable bonds is 3. The number of hydrogen-bond donors (Lipinski definition) is 1. The van der Waals surface area contributed by atoms with Crippen molar-refractivity contribution in [1.29, 1.82) is 0 Å². The summed E-state index contributed by atoms with van der Waals surface area (Å²) in [5.41, 5.74) is 3.25. The lowest BCUT2D eigenvalue weighted by molar-refractivity contribution is 0.318. The zero-order chi connectivity index (χ0) is 12.1. The Labute approximate surface area is 103 Å². The van der Waals surface area contributed by atoms with Crippen LogP contribution in [0.1, 0.15) is 62.5 Å². The zero-order valence-corrected chi connectivity index (χ0v) is 10.5. The van der Waals surface area contributed by atoms with E-state index in [9.17, 15) is 0 Å². The van der Waals surface area contributed by atoms with Gasteiger partial charge in [-0.2, -0.15) is 0 Å². The molecular weight excluding hydrogens is 210 g/mol. The third-order valence-electron chi connectivity index (χ3n) is 3.78. The summed E-state index contributed by atoms with van der Waals surface area (Å²) in [6, 6.07) is 8.57. The molecule has 0 radical (unpaired) electrons. The van der Waals surface area contributed by atoms with Gasteiger partial charge in [0.05, 0.1) is 5.71 Å². The molecule has 0 unspecified atom stereocenters. The Hall–Kier alpha value is -1.31. The first-order valence-corrected chi connectivity index (χ1v) is 6.66. The maximum atomic E-state index is 8.89. The molecule has 1 fully saturated rings. The fraction of sp³-hybridized carbons (Fsp3) is 0.533. The molecule has 1 N–H and O–H groups in total. The number of benzene rings is 1. The lowest BCUT2D eigenvalue weighted by Gasteiger charge is -2.22. The molecule has 2 nitrogen and oxygen atoms in total. The minimum absolute atomic E-state index is 0.744. The van der Waals surface area contributed by atoms with E-state index in [1.54, 1.807) is 0 Å². The predicted octanol–water partition coefficient (Wildman–Crippen LogP) is 4.32. The van der Waals surface area contributed by atoms with Gasteiger partial charge in [-0.05, 0) is 36.3 Å². The van der Waals surface area contributed by atoms with Gasteiger partial charge in [-0.15, -0.1) is 0 Å². The molecule has 1 aromatic rings. The van der Waals surface area contributed by atoms with E-state index in [-0.39, 0.29) is 0 Å². The second-order valence-corrected chi connectivity index (χ2v) is 4.86. The van der Waals surface area contributed by atoms with E-state index in [4.69, 9.17) is 5.21 Å². The summed E-state index contributed by atoms with van der Waals surface area (Å²) >= 11 is 0. The summed E-state index contributed by atoms with van der Waals surface area (Å²) in [5, 5.41) is 12.2. The van der Waals surface area contributed by atoms with Gasteiger partial charge < -0.3 is 5.21 Å². The van der Waals surface area contributed by atoms with Crippen molar-refractivity contribution in [1.82, 2.24) is 0 Å². The molecule has 2 rings (SSSR count). The largest absolute Gasteiger partial charge is 0.411 e. The number of nitrogens with zero attached hydrogens (tertiary/aromatic N) is 1. The first kappa shape index (κ1) is 12.2. The van der Waals surface area contributed by atoms with E-state index >= 15 is 0 Å². The Kier molecular flexibility index (Phi) is 4.18. The molecule has 0 aromatic heterocycles. The third kappa shape index (κ3) is 2.87. The first-order valence-electron chi connectivity index (χ1n) is 6.66. The van der Waals surface area contributed by atoms with Crippen molar-refractivity contribution in [2.45, 2.75) is 51.4 Å². The van der Waals surface area contributed by atoms with Gasteiger partial charge in [0.2, 0.25) is 0 Å². The smallest absolute Gasteiger partial charge is 0.0865 e. The van der Waals surface area contributed by atoms with Crippen molar-refractivity contribution in [3.8, 4) is 0 Å². The minimum Gasteiger partial charge on any atom is -0.411 e. The Morgan fingerprint density at radius 3 is 2.35 bits per heavy atom. The van der Waals surface area contributed by atoms with Crippen molar-refractivity contribution in [3.63, 3.8) is 0 Å². The van der Waals surface area contributed by atoms with E-state index in [1.807, 2.05) is 6.92 Å². The van der Waals surface area contributed by atoms with Crippen molar-refractivity contribution >= 4 is 5.71 Å². The molecule has 0 saturated heterocycles. The average Bonchev–Trinajstić information content (AvgIpc) is 2.42. The molecule has 1 aliphatic carbocycles. The maximum absolute atomic E-state index is 8.89. The SMILES string of the molecule is CC/C(=N\O)c1ccc(C2CCCCC2)cc1. The highest BCUT2D eigenvalue weighted by Crippen LogP contribution is 2.32. The second-order valence-electron chi connectivity index (χ2n) is 4.86. The molecule has 92 valence electrons. The van der Waals surface area contributed by atoms with Crippen LogP contribution < -0.4 is 0 Å². The number of oxime groups is 1. The van der Waals surface area contributed by atoms with Crippen molar-refractivity contribution < 1.29 is 5.21 Å². The molecule has 0 spiro atoms. The minimum atomic E-state index is 0.744. The Morgan fingerprint density at radius 2 is 1.82 bits per heavy atom. The van der Waals surface area contributed by atoms with Gasteiger partial charge in [0.25, 0.3) is 0 Å². The monoisotopic (exact) mass is 231 g/mol. The van der Waals surface area contributed by atoms with Crippen molar-refractivity contribution in [3.05, 3.63) is 35.4 Å². The van der Waals surface area contributed by atoms with E-state index < -0.39 is 0 Å². The molecule has 17 heavy (non-hydrogen) atoms. The summed E-state index contributed by atoms with van der Waals surface area (Å²) in [7, 11) is 0. The summed E-state index contributed by atoms with van der Waals surface area (Å²) in [5.74, 6) is 0.744. The molecule has 0 aliphatic heterocycles. The van der Waals surface area contributed by atoms with Crippen LogP contribution in [0.25, 0.3) is 0 Å². The Balaban J connectivity index is 2.12. The lowest BCUT2D eigenvalue weighted by atomic mass is 9.84. The van der Waals surface area contributed by atoms with Gasteiger partial charge >= 0.3 is 0 Å². The first-order chi connectivity index (χ1) is 8.35. The van der Waals surface area contributed by atoms with Gasteiger partial charge in [0.15, 0.2) is 0 Å². The van der Waals surface area contributed by atoms with Crippen LogP contribution in [0.15, 0.2) is 29.4 Å². The number of hydrogen-bond acceptors (Lipinski definition) is 2. The van der Waals surface area contributed by atoms with Crippen LogP contribution in [0.2, 0.25) is 0 Å². The van der Waals surface area contributed by atoms with Crippen molar-refractivity contribution in [2.75, 3.05) is 0 Å². The Morgan fingerprint density at radius 1 is 1.18 bits per heavy atom. The molecule has 1 aliphatic rings. The van der Waals surface area contributed by atoms with Crippen LogP contribution >= 0.6 is 0 Å². The average molecular weight is 231 g/mol. The topological polar surface area (TPSA) is 32.6 Å². The van der Waals surface area contributed by atoms with Crippen LogP contribution in [0.3, 0.4) is 0 Å². The Bertz CT molecular complexity index is 374. The van der Waals surface area contributed by atoms with E-state index in [2.05, 4.69) is 29.4 Å². The highest BCUT2D eigenvalue weighted by atomic mass is 16.4. The summed E-state index contributed by atoms with van der Waals surface area (Å²) in [6.45, 7) is 2.00. The van der Waals surface area contributed by atoms with E-state index in [1.165, 1.54) is 37.7 Å². The quantitative estimate of drug-likeness (QED) is 0.469. The van der Waals surface area contributed by atoms with Crippen LogP contribution in [0.5, 0.6) is 0 Å². The van der Waals surface area contributed by atoms with E-state index in [0.29, 0.717) is 0 Å². The molecule has 2 heteroatoms. The molecule has 0 heterocycles. The highest BCUT2D eigenvalue weighted by molar-refractivity contribution is 5.99. The van der Waals surface area contributed by atoms with Crippen LogP contribution in [0.4, 0.5) is 0 Å². The second kappa shape index (κ2) is 5.85. The van der Waals surface area contributed by atoms with Gasteiger partial charge in [-0.25, -0.2) is 0 Å². The summed E-state index contributed by atoms with van der Waals surface area (Å²) in [6.07, 6.45) is 7.54. The van der Waals surface area contributed by atoms with Gasteiger partial charge in [-0.3, -0.25) is 0 Å². The molecule has 1 aromatic carbocycles. The predicted molar refractivity (Wildman–Crippen MR) is 70.9 cm³/mol. The van der Waals surface area contributed by atoms with Gasteiger partial charge in [-0.1, -0.05) is 55.6 Å². The fourth-order valence-corrected chi connectivity index (χ4v) is 2.72. The van der Waals surface area contributed by atoms with Crippen molar-refractivity contribution in [2.24, 2.45) is 5.16 Å². The standard InChI is InChI=1S/C15H21NO/c1-2-15(16-17)14-10-8-13(9-11-14)12-6-4-3-5-7-12/h8-12,17H,2-7H2,1H3/b16-15+. The molecule has 0 amide bonds.